The second-order valence-electron chi connectivity index (χ2n) is 14.2. The lowest BCUT2D eigenvalue weighted by Gasteiger charge is -2.14. The van der Waals surface area contributed by atoms with Gasteiger partial charge in [-0.1, -0.05) is 109 Å². The van der Waals surface area contributed by atoms with Gasteiger partial charge in [0, 0.05) is 37.5 Å². The minimum absolute atomic E-state index is 0.250. The minimum atomic E-state index is -0.272. The van der Waals surface area contributed by atoms with Gasteiger partial charge in [-0.15, -0.1) is 0 Å². The van der Waals surface area contributed by atoms with E-state index in [0.29, 0.717) is 24.2 Å². The Morgan fingerprint density at radius 2 is 1.11 bits per heavy atom. The Bertz CT molecular complexity index is 3000. The van der Waals surface area contributed by atoms with Gasteiger partial charge in [0.2, 0.25) is 6.33 Å². The summed E-state index contributed by atoms with van der Waals surface area (Å²) < 4.78 is 4.35. The quantitative estimate of drug-likeness (QED) is 0.0850. The van der Waals surface area contributed by atoms with Crippen molar-refractivity contribution >= 4 is 76.4 Å². The molecule has 0 radical (unpaired) electrons. The van der Waals surface area contributed by atoms with Crippen LogP contribution in [0.2, 0.25) is 0 Å². The van der Waals surface area contributed by atoms with Gasteiger partial charge in [0.1, 0.15) is 18.9 Å². The van der Waals surface area contributed by atoms with Crippen LogP contribution in [0, 0.1) is 0 Å². The lowest BCUT2D eigenvalue weighted by atomic mass is 9.92. The topological polar surface area (TPSA) is 79.9 Å². The van der Waals surface area contributed by atoms with Crippen molar-refractivity contribution in [2.45, 2.75) is 26.1 Å². The van der Waals surface area contributed by atoms with Crippen LogP contribution in [-0.4, -0.2) is 27.9 Å². The number of pyridine rings is 1. The van der Waals surface area contributed by atoms with Crippen LogP contribution in [0.3, 0.4) is 0 Å². The van der Waals surface area contributed by atoms with Gasteiger partial charge in [0.25, 0.3) is 11.8 Å². The van der Waals surface area contributed by atoms with Crippen LogP contribution in [-0.2, 0) is 19.6 Å². The van der Waals surface area contributed by atoms with Crippen LogP contribution < -0.4 is 15.2 Å². The molecule has 0 aliphatic heterocycles. The number of carbonyl (C=O) groups excluding carboxylic acids is 2. The molecule has 0 aliphatic rings. The molecule has 0 aliphatic carbocycles. The lowest BCUT2D eigenvalue weighted by Crippen LogP contribution is -2.31. The van der Waals surface area contributed by atoms with Gasteiger partial charge < -0.3 is 10.6 Å². The first kappa shape index (κ1) is 31.8. The molecule has 0 saturated carbocycles. The molecule has 10 aromatic rings. The number of hydrogen-bond donors (Lipinski definition) is 2. The van der Waals surface area contributed by atoms with Gasteiger partial charge in [0.05, 0.1) is 17.7 Å². The third kappa shape index (κ3) is 5.53. The highest BCUT2D eigenvalue weighted by Crippen LogP contribution is 2.37. The predicted molar refractivity (Wildman–Crippen MR) is 216 cm³/mol. The third-order valence-corrected chi connectivity index (χ3v) is 10.9. The highest BCUT2D eigenvalue weighted by molar-refractivity contribution is 6.24. The van der Waals surface area contributed by atoms with Crippen molar-refractivity contribution in [1.82, 2.24) is 20.2 Å². The second kappa shape index (κ2) is 13.0. The fourth-order valence-corrected chi connectivity index (χ4v) is 8.28. The molecule has 2 amide bonds. The van der Waals surface area contributed by atoms with Crippen LogP contribution in [0.25, 0.3) is 64.6 Å². The average molecular weight is 703 g/mol. The van der Waals surface area contributed by atoms with Crippen LogP contribution in [0.15, 0.2) is 146 Å². The van der Waals surface area contributed by atoms with Crippen LogP contribution in [0.5, 0.6) is 0 Å². The van der Waals surface area contributed by atoms with E-state index in [9.17, 15) is 9.59 Å². The van der Waals surface area contributed by atoms with Crippen molar-refractivity contribution in [3.8, 4) is 0 Å². The SMILES string of the molecule is O=C(NCCCn1cc[n+](Cc2ccc3ccc4cccc5ccc2c3c45)c1)c1cncc(C(=O)NCc2ccc3ccc4cccc5ccc2c3c45)c1. The summed E-state index contributed by atoms with van der Waals surface area (Å²) in [4.78, 5) is 30.5. The standard InChI is InChI=1S/C47H35N5O2/c53-46(38-24-39(26-48-25-38)47(54)50-27-36-14-12-34-10-8-30-4-1-6-32-16-18-40(36)44(34)42(30)32)49-20-3-21-51-22-23-52(29-51)28-37-15-13-35-11-9-31-5-2-7-33-17-19-41(37)45(35)43(31)33/h1-2,4-19,22-26,29H,3,20-21,27-28H2,(H-,49,50,53,54)/p+1. The van der Waals surface area contributed by atoms with E-state index < -0.39 is 0 Å². The van der Waals surface area contributed by atoms with Crippen molar-refractivity contribution in [3.63, 3.8) is 0 Å². The zero-order valence-electron chi connectivity index (χ0n) is 29.6. The van der Waals surface area contributed by atoms with Crippen molar-refractivity contribution in [1.29, 1.82) is 0 Å². The largest absolute Gasteiger partial charge is 0.352 e. The number of aryl methyl sites for hydroxylation is 1. The molecule has 0 bridgehead atoms. The molecule has 0 atom stereocenters. The summed E-state index contributed by atoms with van der Waals surface area (Å²) in [5.41, 5.74) is 3.03. The number of carbonyl (C=O) groups is 2. The number of imidazole rings is 1. The average Bonchev–Trinajstić information content (AvgIpc) is 3.67. The molecule has 2 aromatic heterocycles. The van der Waals surface area contributed by atoms with Gasteiger partial charge in [-0.25, -0.2) is 9.13 Å². The summed E-state index contributed by atoms with van der Waals surface area (Å²) >= 11 is 0. The Labute approximate surface area is 311 Å². The Morgan fingerprint density at radius 1 is 0.593 bits per heavy atom. The molecule has 0 saturated heterocycles. The fourth-order valence-electron chi connectivity index (χ4n) is 8.28. The first-order valence-electron chi connectivity index (χ1n) is 18.4. The molecule has 7 heteroatoms. The number of amides is 2. The predicted octanol–water partition coefficient (Wildman–Crippen LogP) is 8.76. The molecule has 0 unspecified atom stereocenters. The van der Waals surface area contributed by atoms with E-state index in [2.05, 4.69) is 153 Å². The van der Waals surface area contributed by atoms with Gasteiger partial charge in [-0.3, -0.25) is 14.6 Å². The Balaban J connectivity index is 0.756. The maximum absolute atomic E-state index is 13.3. The van der Waals surface area contributed by atoms with E-state index in [-0.39, 0.29) is 11.8 Å². The number of rotatable bonds is 10. The van der Waals surface area contributed by atoms with Crippen molar-refractivity contribution in [2.24, 2.45) is 0 Å². The van der Waals surface area contributed by atoms with E-state index >= 15 is 0 Å². The number of benzene rings is 8. The van der Waals surface area contributed by atoms with E-state index in [1.165, 1.54) is 77.2 Å². The lowest BCUT2D eigenvalue weighted by molar-refractivity contribution is -0.687. The van der Waals surface area contributed by atoms with Crippen molar-refractivity contribution in [3.05, 3.63) is 169 Å². The van der Waals surface area contributed by atoms with Crippen LogP contribution in [0.1, 0.15) is 38.3 Å². The van der Waals surface area contributed by atoms with Crippen LogP contribution in [0.4, 0.5) is 0 Å². The maximum atomic E-state index is 13.3. The Morgan fingerprint density at radius 3 is 1.74 bits per heavy atom. The highest BCUT2D eigenvalue weighted by Gasteiger charge is 2.16. The summed E-state index contributed by atoms with van der Waals surface area (Å²) in [6.45, 7) is 2.39. The molecule has 2 N–H and O–H groups in total. The third-order valence-electron chi connectivity index (χ3n) is 10.9. The van der Waals surface area contributed by atoms with Gasteiger partial charge >= 0.3 is 0 Å². The zero-order valence-corrected chi connectivity index (χ0v) is 29.6. The zero-order chi connectivity index (χ0) is 36.2. The maximum Gasteiger partial charge on any atom is 0.253 e. The number of aromatic nitrogens is 3. The minimum Gasteiger partial charge on any atom is -0.352 e. The summed E-state index contributed by atoms with van der Waals surface area (Å²) in [7, 11) is 0. The summed E-state index contributed by atoms with van der Waals surface area (Å²) in [6, 6.07) is 40.7. The van der Waals surface area contributed by atoms with Gasteiger partial charge in [-0.2, -0.15) is 0 Å². The molecule has 8 aromatic carbocycles. The van der Waals surface area contributed by atoms with Crippen LogP contribution >= 0.6 is 0 Å². The summed E-state index contributed by atoms with van der Waals surface area (Å²) in [5, 5.41) is 21.0. The van der Waals surface area contributed by atoms with E-state index in [0.717, 1.165) is 30.5 Å². The molecule has 10 rings (SSSR count). The Hall–Kier alpha value is -6.86. The van der Waals surface area contributed by atoms with E-state index in [1.807, 2.05) is 0 Å². The Kier molecular flexibility index (Phi) is 7.65. The number of hydrogen-bond acceptors (Lipinski definition) is 3. The van der Waals surface area contributed by atoms with E-state index in [1.54, 1.807) is 6.07 Å². The molecule has 7 nitrogen and oxygen atoms in total. The van der Waals surface area contributed by atoms with E-state index in [4.69, 9.17) is 0 Å². The van der Waals surface area contributed by atoms with Crippen molar-refractivity contribution in [2.75, 3.05) is 6.54 Å². The normalized spacial score (nSPS) is 11.9. The molecule has 0 fully saturated rings. The second-order valence-corrected chi connectivity index (χ2v) is 14.2. The molecule has 0 spiro atoms. The molecule has 2 heterocycles. The molecule has 54 heavy (non-hydrogen) atoms. The monoisotopic (exact) mass is 702 g/mol. The summed E-state index contributed by atoms with van der Waals surface area (Å²) in [6.07, 6.45) is 10.1. The molecular weight excluding hydrogens is 667 g/mol. The van der Waals surface area contributed by atoms with Crippen molar-refractivity contribution < 1.29 is 14.2 Å². The number of nitrogens with zero attached hydrogens (tertiary/aromatic N) is 3. The first-order valence-corrected chi connectivity index (χ1v) is 18.4. The highest BCUT2D eigenvalue weighted by atomic mass is 16.2. The molecular formula is C47H36N5O2+. The van der Waals surface area contributed by atoms with Gasteiger partial charge in [-0.05, 0) is 76.3 Å². The first-order chi connectivity index (χ1) is 26.6. The summed E-state index contributed by atoms with van der Waals surface area (Å²) in [5.74, 6) is -0.522. The smallest absolute Gasteiger partial charge is 0.253 e. The van der Waals surface area contributed by atoms with Gasteiger partial charge in [0.15, 0.2) is 0 Å². The molecule has 260 valence electrons. The fraction of sp³-hybridized carbons (Fsp3) is 0.106. The number of nitrogens with one attached hydrogen (secondary N) is 2.